The van der Waals surface area contributed by atoms with E-state index >= 15 is 0 Å². The minimum atomic E-state index is -3.70. The third-order valence-corrected chi connectivity index (χ3v) is 6.97. The smallest absolute Gasteiger partial charge is 0.242 e. The van der Waals surface area contributed by atoms with E-state index in [9.17, 15) is 21.6 Å². The molecule has 1 amide bonds. The molecule has 0 bridgehead atoms. The zero-order valence-electron chi connectivity index (χ0n) is 19.1. The van der Waals surface area contributed by atoms with Gasteiger partial charge in [-0.1, -0.05) is 48.5 Å². The molecular formula is C24H26N4O5S2. The predicted molar refractivity (Wildman–Crippen MR) is 137 cm³/mol. The van der Waals surface area contributed by atoms with Crippen LogP contribution in [0, 0.1) is 5.41 Å². The van der Waals surface area contributed by atoms with Crippen LogP contribution in [0.2, 0.25) is 0 Å². The van der Waals surface area contributed by atoms with Crippen LogP contribution in [-0.2, 0) is 31.1 Å². The standard InChI is InChI=1S/C24H26N4O5S2/c1-34(30,31)22-9-4-3-8-20(22)17-10-12-19(13-11-17)27-24(29)21(28-35(2,32)33)15-16-6-5-7-18(14-16)23(25)26/h3-14,21,28H,15H2,1-2H3,(H3,25,26)(H,27,29)/t21-/m0/s1. The number of hydrogen-bond donors (Lipinski definition) is 4. The van der Waals surface area contributed by atoms with Crippen molar-refractivity contribution in [3.05, 3.63) is 83.9 Å². The van der Waals surface area contributed by atoms with Crippen LogP contribution in [0.1, 0.15) is 11.1 Å². The number of nitrogen functional groups attached to an aromatic ring is 1. The van der Waals surface area contributed by atoms with Gasteiger partial charge in [0.15, 0.2) is 9.84 Å². The van der Waals surface area contributed by atoms with Crippen LogP contribution in [0.25, 0.3) is 11.1 Å². The van der Waals surface area contributed by atoms with Gasteiger partial charge in [-0.3, -0.25) is 10.2 Å². The molecule has 0 radical (unpaired) electrons. The van der Waals surface area contributed by atoms with Crippen molar-refractivity contribution in [1.82, 2.24) is 4.72 Å². The Bertz CT molecular complexity index is 1470. The summed E-state index contributed by atoms with van der Waals surface area (Å²) in [6.45, 7) is 0. The van der Waals surface area contributed by atoms with E-state index in [4.69, 9.17) is 11.1 Å². The molecule has 0 aliphatic heterocycles. The molecule has 0 saturated heterocycles. The van der Waals surface area contributed by atoms with Crippen molar-refractivity contribution in [3.63, 3.8) is 0 Å². The molecule has 0 spiro atoms. The Hall–Kier alpha value is -3.54. The second kappa shape index (κ2) is 10.4. The Morgan fingerprint density at radius 3 is 2.20 bits per heavy atom. The number of sulfone groups is 1. The summed E-state index contributed by atoms with van der Waals surface area (Å²) in [4.78, 5) is 13.2. The molecule has 0 aliphatic rings. The van der Waals surface area contributed by atoms with Crippen molar-refractivity contribution < 1.29 is 21.6 Å². The van der Waals surface area contributed by atoms with Gasteiger partial charge in [0.05, 0.1) is 11.2 Å². The van der Waals surface area contributed by atoms with Crippen LogP contribution in [0.15, 0.2) is 77.7 Å². The molecular weight excluding hydrogens is 488 g/mol. The summed E-state index contributed by atoms with van der Waals surface area (Å²) in [5, 5.41) is 10.3. The van der Waals surface area contributed by atoms with Gasteiger partial charge in [-0.05, 0) is 41.8 Å². The molecule has 3 rings (SSSR count). The first-order valence-corrected chi connectivity index (χ1v) is 14.2. The molecule has 3 aromatic rings. The van der Waals surface area contributed by atoms with E-state index in [-0.39, 0.29) is 17.2 Å². The van der Waals surface area contributed by atoms with E-state index in [1.165, 1.54) is 6.07 Å². The summed E-state index contributed by atoms with van der Waals surface area (Å²) < 4.78 is 50.3. The fourth-order valence-corrected chi connectivity index (χ4v) is 5.16. The van der Waals surface area contributed by atoms with Crippen LogP contribution in [0.3, 0.4) is 0 Å². The normalized spacial score (nSPS) is 12.6. The third kappa shape index (κ3) is 7.22. The van der Waals surface area contributed by atoms with Gasteiger partial charge >= 0.3 is 0 Å². The largest absolute Gasteiger partial charge is 0.384 e. The molecule has 0 unspecified atom stereocenters. The van der Waals surface area contributed by atoms with Crippen LogP contribution >= 0.6 is 0 Å². The monoisotopic (exact) mass is 514 g/mol. The lowest BCUT2D eigenvalue weighted by molar-refractivity contribution is -0.117. The second-order valence-electron chi connectivity index (χ2n) is 8.10. The molecule has 0 saturated carbocycles. The number of amidine groups is 1. The Labute approximate surface area is 204 Å². The SMILES string of the molecule is CS(=O)(=O)N[C@@H](Cc1cccc(C(=N)N)c1)C(=O)Nc1ccc(-c2ccccc2S(C)(=O)=O)cc1. The van der Waals surface area contributed by atoms with Crippen molar-refractivity contribution >= 4 is 37.3 Å². The van der Waals surface area contributed by atoms with Crippen molar-refractivity contribution in [2.75, 3.05) is 17.8 Å². The number of amides is 1. The van der Waals surface area contributed by atoms with Gasteiger partial charge in [-0.2, -0.15) is 0 Å². The van der Waals surface area contributed by atoms with E-state index in [1.807, 2.05) is 0 Å². The lowest BCUT2D eigenvalue weighted by Crippen LogP contribution is -2.44. The highest BCUT2D eigenvalue weighted by Crippen LogP contribution is 2.28. The number of nitrogens with one attached hydrogen (secondary N) is 3. The van der Waals surface area contributed by atoms with E-state index in [1.54, 1.807) is 66.7 Å². The fraction of sp³-hybridized carbons (Fsp3) is 0.167. The molecule has 0 fully saturated rings. The van der Waals surface area contributed by atoms with Crippen LogP contribution in [0.5, 0.6) is 0 Å². The predicted octanol–water partition coefficient (Wildman–Crippen LogP) is 2.14. The number of benzene rings is 3. The number of nitrogens with two attached hydrogens (primary N) is 1. The Morgan fingerprint density at radius 1 is 0.943 bits per heavy atom. The zero-order chi connectivity index (χ0) is 25.8. The molecule has 11 heteroatoms. The second-order valence-corrected chi connectivity index (χ2v) is 11.9. The minimum absolute atomic E-state index is 0.0415. The van der Waals surface area contributed by atoms with Gasteiger partial charge in [0.25, 0.3) is 0 Å². The highest BCUT2D eigenvalue weighted by Gasteiger charge is 2.23. The lowest BCUT2D eigenvalue weighted by atomic mass is 10.0. The van der Waals surface area contributed by atoms with Gasteiger partial charge in [0, 0.05) is 23.1 Å². The van der Waals surface area contributed by atoms with Gasteiger partial charge in [0.2, 0.25) is 15.9 Å². The maximum absolute atomic E-state index is 13.0. The Balaban J connectivity index is 1.83. The summed E-state index contributed by atoms with van der Waals surface area (Å²) in [5.41, 5.74) is 8.21. The fourth-order valence-electron chi connectivity index (χ4n) is 3.54. The molecule has 9 nitrogen and oxygen atoms in total. The lowest BCUT2D eigenvalue weighted by Gasteiger charge is -2.18. The van der Waals surface area contributed by atoms with Crippen LogP contribution in [0.4, 0.5) is 5.69 Å². The number of rotatable bonds is 9. The summed E-state index contributed by atoms with van der Waals surface area (Å²) in [7, 11) is -7.14. The summed E-state index contributed by atoms with van der Waals surface area (Å²) >= 11 is 0. The number of hydrogen-bond acceptors (Lipinski definition) is 6. The average Bonchev–Trinajstić information content (AvgIpc) is 2.78. The zero-order valence-corrected chi connectivity index (χ0v) is 20.8. The summed E-state index contributed by atoms with van der Waals surface area (Å²) in [5.74, 6) is -0.714. The van der Waals surface area contributed by atoms with Crippen molar-refractivity contribution in [1.29, 1.82) is 5.41 Å². The maximum Gasteiger partial charge on any atom is 0.242 e. The number of carbonyl (C=O) groups is 1. The molecule has 0 aromatic heterocycles. The van der Waals surface area contributed by atoms with E-state index < -0.39 is 31.8 Å². The minimum Gasteiger partial charge on any atom is -0.384 e. The van der Waals surface area contributed by atoms with Gasteiger partial charge in [-0.25, -0.2) is 21.6 Å². The van der Waals surface area contributed by atoms with E-state index in [0.717, 1.165) is 12.5 Å². The first kappa shape index (κ1) is 26.1. The topological polar surface area (TPSA) is 159 Å². The number of anilines is 1. The average molecular weight is 515 g/mol. The Morgan fingerprint density at radius 2 is 1.60 bits per heavy atom. The summed E-state index contributed by atoms with van der Waals surface area (Å²) in [6.07, 6.45) is 2.15. The van der Waals surface area contributed by atoms with Crippen LogP contribution < -0.4 is 15.8 Å². The van der Waals surface area contributed by atoms with E-state index in [0.29, 0.717) is 27.9 Å². The molecule has 35 heavy (non-hydrogen) atoms. The van der Waals surface area contributed by atoms with Gasteiger partial charge in [0.1, 0.15) is 11.9 Å². The van der Waals surface area contributed by atoms with Gasteiger partial charge in [-0.15, -0.1) is 0 Å². The molecule has 3 aromatic carbocycles. The van der Waals surface area contributed by atoms with E-state index in [2.05, 4.69) is 10.0 Å². The molecule has 184 valence electrons. The molecule has 1 atom stereocenters. The quantitative estimate of drug-likeness (QED) is 0.253. The van der Waals surface area contributed by atoms with Crippen molar-refractivity contribution in [2.45, 2.75) is 17.4 Å². The first-order valence-electron chi connectivity index (χ1n) is 10.4. The van der Waals surface area contributed by atoms with Gasteiger partial charge < -0.3 is 11.1 Å². The van der Waals surface area contributed by atoms with Crippen LogP contribution in [-0.4, -0.2) is 47.1 Å². The number of sulfonamides is 1. The highest BCUT2D eigenvalue weighted by atomic mass is 32.2. The third-order valence-electron chi connectivity index (χ3n) is 5.10. The molecule has 5 N–H and O–H groups in total. The molecule has 0 aliphatic carbocycles. The first-order chi connectivity index (χ1) is 16.3. The Kier molecular flexibility index (Phi) is 7.73. The number of carbonyl (C=O) groups excluding carboxylic acids is 1. The highest BCUT2D eigenvalue weighted by molar-refractivity contribution is 7.90. The summed E-state index contributed by atoms with van der Waals surface area (Å²) in [6, 6.07) is 18.7. The molecule has 0 heterocycles. The maximum atomic E-state index is 13.0. The van der Waals surface area contributed by atoms with Crippen molar-refractivity contribution in [2.24, 2.45) is 5.73 Å². The van der Waals surface area contributed by atoms with Crippen molar-refractivity contribution in [3.8, 4) is 11.1 Å².